The van der Waals surface area contributed by atoms with Crippen LogP contribution in [-0.4, -0.2) is 147 Å². The van der Waals surface area contributed by atoms with Gasteiger partial charge in [-0.15, -0.1) is 0 Å². The monoisotopic (exact) mass is 1160 g/mol. The fraction of sp³-hybridized carbons (Fsp3) is 0.492. The smallest absolute Gasteiger partial charge is 0.343 e. The van der Waals surface area contributed by atoms with Gasteiger partial charge >= 0.3 is 11.9 Å². The predicted molar refractivity (Wildman–Crippen MR) is 300 cm³/mol. The molecule has 5 N–H and O–H groups in total. The maximum Gasteiger partial charge on any atom is 0.343 e. The van der Waals surface area contributed by atoms with Gasteiger partial charge in [0.2, 0.25) is 29.5 Å². The number of amides is 7. The van der Waals surface area contributed by atoms with Gasteiger partial charge in [-0.05, 0) is 125 Å². The number of ether oxygens (including phenoxy) is 2. The average molecular weight is 1160 g/mol. The Bertz CT molecular complexity index is 3370. The maximum atomic E-state index is 15.1. The van der Waals surface area contributed by atoms with Crippen LogP contribution in [0, 0.1) is 30.5 Å². The van der Waals surface area contributed by atoms with Crippen LogP contribution in [-0.2, 0) is 84.3 Å². The highest BCUT2D eigenvalue weighted by Crippen LogP contribution is 2.41. The largest absolute Gasteiger partial charge is 0.464 e. The van der Waals surface area contributed by atoms with E-state index in [2.05, 4.69) is 26.2 Å². The summed E-state index contributed by atoms with van der Waals surface area (Å²) in [6, 6.07) is 11.8. The molecule has 23 heteroatoms. The summed E-state index contributed by atoms with van der Waals surface area (Å²) < 4.78 is 27.7. The van der Waals surface area contributed by atoms with Gasteiger partial charge in [0.25, 0.3) is 17.4 Å². The molecule has 2 aromatic carbocycles. The number of imide groups is 1. The first-order valence-electron chi connectivity index (χ1n) is 29.0. The number of nitrogens with one attached hydrogen (secondary N) is 4. The van der Waals surface area contributed by atoms with Crippen molar-refractivity contribution in [2.45, 2.75) is 122 Å². The van der Waals surface area contributed by atoms with E-state index in [1.165, 1.54) is 28.0 Å². The summed E-state index contributed by atoms with van der Waals surface area (Å²) in [4.78, 5) is 140. The van der Waals surface area contributed by atoms with Crippen LogP contribution >= 0.6 is 0 Å². The first-order valence-corrected chi connectivity index (χ1v) is 29.0. The van der Waals surface area contributed by atoms with Gasteiger partial charge in [-0.1, -0.05) is 37.3 Å². The number of likely N-dealkylation sites (tertiary alicyclic amines) is 2. The number of aliphatic hydroxyl groups is 1. The quantitative estimate of drug-likeness (QED) is 0.0553. The molecule has 6 aliphatic rings. The van der Waals surface area contributed by atoms with Crippen LogP contribution in [0.3, 0.4) is 0 Å². The average Bonchev–Trinajstić information content (AvgIpc) is 3.27. The number of fused-ring (bicyclic) bond motifs is 5. The summed E-state index contributed by atoms with van der Waals surface area (Å²) in [6.45, 7) is 4.64. The molecular formula is C61H70FN9O13. The number of halogens is 1. The minimum Gasteiger partial charge on any atom is -0.464 e. The number of pyridine rings is 2. The molecular weight excluding hydrogens is 1090 g/mol. The lowest BCUT2D eigenvalue weighted by atomic mass is 9.81. The number of nitrogens with zero attached hydrogens (tertiary/aromatic N) is 5. The predicted octanol–water partition coefficient (Wildman–Crippen LogP) is 2.47. The summed E-state index contributed by atoms with van der Waals surface area (Å²) >= 11 is 0. The Balaban J connectivity index is 0.672. The molecule has 5 aliphatic heterocycles. The van der Waals surface area contributed by atoms with E-state index in [0.29, 0.717) is 93.6 Å². The Morgan fingerprint density at radius 1 is 0.845 bits per heavy atom. The molecule has 84 heavy (non-hydrogen) atoms. The second-order valence-electron chi connectivity index (χ2n) is 22.9. The minimum atomic E-state index is -1.99. The molecule has 0 spiro atoms. The fourth-order valence-electron chi connectivity index (χ4n) is 12.6. The standard InChI is InChI=1S/C61H70FN9O13/c1-3-61(82)44-26-49-55-42(33-70(49)58(79)43(44)34-84-60(61)81)41(40-24-35(2)45(62)27-46(40)67-55)32-68-21-17-36(18-22-68)19-23-83-59(80)48-10-7-20-69(48)54(76)30-65-57(78)47(25-37-8-5-4-6-9-37)66-51(73)29-63-50(72)28-64-56(77)39-13-11-38(12-14-39)31-71-52(74)15-16-53(71)75/h4-6,8-9,15-16,24,26-27,36,38-39,47-48,82H,3,7,10-14,17-23,25,28-34H2,1-2H3,(H,63,72)(H,64,77)(H,65,78)(H,66,73)/t38?,39?,47-,48-,61?/m0/s1. The van der Waals surface area contributed by atoms with Gasteiger partial charge in [0.05, 0.1) is 55.3 Å². The lowest BCUT2D eigenvalue weighted by Gasteiger charge is -2.32. The molecule has 22 nitrogen and oxygen atoms in total. The third kappa shape index (κ3) is 12.7. The molecule has 2 saturated heterocycles. The Morgan fingerprint density at radius 2 is 1.57 bits per heavy atom. The van der Waals surface area contributed by atoms with Crippen molar-refractivity contribution < 1.29 is 62.1 Å². The molecule has 4 aromatic rings. The minimum absolute atomic E-state index is 0.00345. The van der Waals surface area contributed by atoms with Crippen LogP contribution in [0.5, 0.6) is 0 Å². The van der Waals surface area contributed by atoms with Gasteiger partial charge in [-0.3, -0.25) is 48.2 Å². The van der Waals surface area contributed by atoms with Crippen LogP contribution in [0.15, 0.2) is 65.5 Å². The fourth-order valence-corrected chi connectivity index (χ4v) is 12.6. The number of piperidine rings is 1. The SMILES string of the molecule is CCC1(O)C(=O)OCc2c1cc1n(c2=O)Cc2c-1nc1cc(F)c(C)cc1c2CN1CCC(CCOC(=O)[C@@H]2CCCN2C(=O)CNC(=O)[C@H](Cc2ccccc2)NC(=O)CNC(=O)CNC(=O)C2CCC(CN3C(=O)C=CC3=O)CC2)CC1. The van der Waals surface area contributed by atoms with Crippen LogP contribution < -0.4 is 26.8 Å². The molecule has 1 unspecified atom stereocenters. The lowest BCUT2D eigenvalue weighted by Crippen LogP contribution is -2.53. The van der Waals surface area contributed by atoms with E-state index in [9.17, 15) is 53.1 Å². The number of carbonyl (C=O) groups is 9. The van der Waals surface area contributed by atoms with Gasteiger partial charge in [0, 0.05) is 66.7 Å². The number of esters is 2. The second-order valence-corrected chi connectivity index (χ2v) is 22.9. The highest BCUT2D eigenvalue weighted by Gasteiger charge is 2.46. The summed E-state index contributed by atoms with van der Waals surface area (Å²) in [5.74, 6) is -5.22. The van der Waals surface area contributed by atoms with Gasteiger partial charge in [0.1, 0.15) is 24.5 Å². The van der Waals surface area contributed by atoms with Crippen molar-refractivity contribution in [3.8, 4) is 11.4 Å². The summed E-state index contributed by atoms with van der Waals surface area (Å²) in [7, 11) is 0. The summed E-state index contributed by atoms with van der Waals surface area (Å²) in [5, 5.41) is 22.5. The zero-order chi connectivity index (χ0) is 59.4. The molecule has 0 bridgehead atoms. The van der Waals surface area contributed by atoms with E-state index in [0.717, 1.165) is 34.9 Å². The van der Waals surface area contributed by atoms with Gasteiger partial charge < -0.3 is 45.3 Å². The van der Waals surface area contributed by atoms with E-state index < -0.39 is 72.2 Å². The maximum absolute atomic E-state index is 15.1. The summed E-state index contributed by atoms with van der Waals surface area (Å²) in [6.07, 6.45) is 8.07. The number of hydrogen-bond donors (Lipinski definition) is 5. The molecule has 7 amide bonds. The number of cyclic esters (lactones) is 1. The zero-order valence-electron chi connectivity index (χ0n) is 47.2. The van der Waals surface area contributed by atoms with Crippen molar-refractivity contribution in [2.24, 2.45) is 17.8 Å². The number of aromatic nitrogens is 2. The topological polar surface area (TPSA) is 285 Å². The van der Waals surface area contributed by atoms with Gasteiger partial charge in [0.15, 0.2) is 5.60 Å². The number of carbonyl (C=O) groups excluding carboxylic acids is 9. The van der Waals surface area contributed by atoms with E-state index >= 15 is 4.39 Å². The Labute approximate surface area is 483 Å². The number of hydrogen-bond acceptors (Lipinski definition) is 15. The molecule has 2 aromatic heterocycles. The number of aryl methyl sites for hydroxylation is 1. The Morgan fingerprint density at radius 3 is 2.30 bits per heavy atom. The van der Waals surface area contributed by atoms with Crippen LogP contribution in [0.1, 0.15) is 105 Å². The third-order valence-corrected chi connectivity index (χ3v) is 17.6. The number of rotatable bonds is 20. The van der Waals surface area contributed by atoms with Crippen molar-refractivity contribution >= 4 is 64.2 Å². The molecule has 1 aliphatic carbocycles. The molecule has 10 rings (SSSR count). The Kier molecular flexibility index (Phi) is 17.8. The highest BCUT2D eigenvalue weighted by atomic mass is 19.1. The van der Waals surface area contributed by atoms with E-state index in [4.69, 9.17) is 14.5 Å². The van der Waals surface area contributed by atoms with E-state index in [-0.39, 0.29) is 97.9 Å². The molecule has 7 heterocycles. The lowest BCUT2D eigenvalue weighted by molar-refractivity contribution is -0.172. The number of benzene rings is 2. The van der Waals surface area contributed by atoms with Crippen molar-refractivity contribution in [1.29, 1.82) is 0 Å². The van der Waals surface area contributed by atoms with Crippen molar-refractivity contribution in [3.63, 3.8) is 0 Å². The van der Waals surface area contributed by atoms with E-state index in [1.54, 1.807) is 60.9 Å². The second kappa shape index (κ2) is 25.4. The van der Waals surface area contributed by atoms with Crippen LogP contribution in [0.25, 0.3) is 22.3 Å². The van der Waals surface area contributed by atoms with Gasteiger partial charge in [-0.2, -0.15) is 0 Å². The first kappa shape index (κ1) is 59.0. The zero-order valence-corrected chi connectivity index (χ0v) is 47.2. The molecule has 3 atom stereocenters. The van der Waals surface area contributed by atoms with Crippen molar-refractivity contribution in [2.75, 3.05) is 52.4 Å². The Hall–Kier alpha value is -8.18. The van der Waals surface area contributed by atoms with Crippen molar-refractivity contribution in [1.82, 2.24) is 45.5 Å². The van der Waals surface area contributed by atoms with E-state index in [1.807, 2.05) is 0 Å². The molecule has 0 radical (unpaired) electrons. The summed E-state index contributed by atoms with van der Waals surface area (Å²) in [5.41, 5.74) is 2.33. The van der Waals surface area contributed by atoms with Crippen LogP contribution in [0.4, 0.5) is 4.39 Å². The van der Waals surface area contributed by atoms with Crippen LogP contribution in [0.2, 0.25) is 0 Å². The molecule has 1 saturated carbocycles. The third-order valence-electron chi connectivity index (χ3n) is 17.6. The molecule has 3 fully saturated rings. The van der Waals surface area contributed by atoms with Gasteiger partial charge in [-0.25, -0.2) is 19.0 Å². The first-order chi connectivity index (χ1) is 40.4. The normalized spacial score (nSPS) is 21.6. The van der Waals surface area contributed by atoms with Crippen molar-refractivity contribution in [3.05, 3.63) is 110 Å². The highest BCUT2D eigenvalue weighted by molar-refractivity contribution is 6.12. The molecule has 444 valence electrons.